The molecule has 7 heteroatoms. The van der Waals surface area contributed by atoms with Crippen molar-refractivity contribution in [3.05, 3.63) is 70.4 Å². The van der Waals surface area contributed by atoms with Crippen LogP contribution in [0.3, 0.4) is 0 Å². The van der Waals surface area contributed by atoms with Gasteiger partial charge >= 0.3 is 0 Å². The fourth-order valence-electron chi connectivity index (χ4n) is 2.52. The third kappa shape index (κ3) is 5.27. The Hall–Kier alpha value is -2.93. The van der Waals surface area contributed by atoms with Crippen molar-refractivity contribution >= 4 is 23.8 Å². The zero-order valence-electron chi connectivity index (χ0n) is 15.3. The topological polar surface area (TPSA) is 69.3 Å². The van der Waals surface area contributed by atoms with E-state index in [1.165, 1.54) is 10.2 Å². The fourth-order valence-corrected chi connectivity index (χ4v) is 2.72. The van der Waals surface area contributed by atoms with Crippen molar-refractivity contribution in [3.63, 3.8) is 0 Å². The van der Waals surface area contributed by atoms with Gasteiger partial charge in [0.05, 0.1) is 0 Å². The number of anilines is 1. The molecule has 0 radical (unpaired) electrons. The van der Waals surface area contributed by atoms with Crippen molar-refractivity contribution < 1.29 is 13.9 Å². The van der Waals surface area contributed by atoms with Crippen molar-refractivity contribution in [1.82, 2.24) is 9.78 Å². The summed E-state index contributed by atoms with van der Waals surface area (Å²) in [4.78, 5) is 12.4. The highest BCUT2D eigenvalue weighted by molar-refractivity contribution is 7.71. The molecule has 3 rings (SSSR count). The minimum absolute atomic E-state index is 0.0255. The van der Waals surface area contributed by atoms with Gasteiger partial charge in [-0.25, -0.2) is 4.68 Å². The number of hydrogen-bond donors (Lipinski definition) is 1. The molecular formula is C20H21N3O3S. The summed E-state index contributed by atoms with van der Waals surface area (Å²) >= 11 is 5.14. The largest absolute Gasteiger partial charge is 0.484 e. The zero-order chi connectivity index (χ0) is 19.2. The second-order valence-corrected chi connectivity index (χ2v) is 6.47. The second-order valence-electron chi connectivity index (χ2n) is 6.12. The number of amides is 1. The highest BCUT2D eigenvalue weighted by Crippen LogP contribution is 2.14. The van der Waals surface area contributed by atoms with Crippen LogP contribution in [0.25, 0.3) is 0 Å². The number of rotatable bonds is 7. The molecule has 1 heterocycles. The lowest BCUT2D eigenvalue weighted by Crippen LogP contribution is -2.19. The van der Waals surface area contributed by atoms with Crippen LogP contribution in [-0.4, -0.2) is 15.7 Å². The molecule has 0 fully saturated rings. The lowest BCUT2D eigenvalue weighted by molar-refractivity contribution is -0.117. The van der Waals surface area contributed by atoms with E-state index in [0.29, 0.717) is 5.89 Å². The summed E-state index contributed by atoms with van der Waals surface area (Å²) in [5.74, 6) is 0.815. The van der Waals surface area contributed by atoms with E-state index in [-0.39, 0.29) is 23.9 Å². The number of carbonyl (C=O) groups is 1. The van der Waals surface area contributed by atoms with Crippen LogP contribution in [0.4, 0.5) is 5.69 Å². The number of nitrogens with one attached hydrogen (secondary N) is 1. The molecule has 0 spiro atoms. The molecule has 0 atom stereocenters. The summed E-state index contributed by atoms with van der Waals surface area (Å²) in [6, 6.07) is 15.4. The smallest absolute Gasteiger partial charge is 0.287 e. The van der Waals surface area contributed by atoms with Crippen LogP contribution in [0, 0.1) is 11.8 Å². The molecular weight excluding hydrogens is 362 g/mol. The molecule has 27 heavy (non-hydrogen) atoms. The molecule has 140 valence electrons. The van der Waals surface area contributed by atoms with Gasteiger partial charge in [-0.3, -0.25) is 4.79 Å². The van der Waals surface area contributed by atoms with Crippen molar-refractivity contribution in [2.24, 2.45) is 0 Å². The number of benzene rings is 2. The maximum absolute atomic E-state index is 12.2. The molecule has 0 saturated carbocycles. The first-order chi connectivity index (χ1) is 13.0. The molecule has 0 aliphatic heterocycles. The van der Waals surface area contributed by atoms with Gasteiger partial charge in [0, 0.05) is 5.69 Å². The van der Waals surface area contributed by atoms with Crippen LogP contribution >= 0.6 is 12.2 Å². The van der Waals surface area contributed by atoms with Gasteiger partial charge in [-0.05, 0) is 61.0 Å². The molecule has 1 aromatic heterocycles. The minimum atomic E-state index is -0.227. The van der Waals surface area contributed by atoms with Crippen LogP contribution < -0.4 is 10.1 Å². The van der Waals surface area contributed by atoms with E-state index in [1.54, 1.807) is 0 Å². The van der Waals surface area contributed by atoms with Crippen molar-refractivity contribution in [2.45, 2.75) is 33.4 Å². The standard InChI is InChI=1S/C20H21N3O3S/c1-3-15-7-9-16(10-8-15)21-18(24)12-23-20(27)26-19(22-23)13-25-17-6-4-5-14(2)11-17/h4-11H,3,12-13H2,1-2H3,(H,21,24). The van der Waals surface area contributed by atoms with Gasteiger partial charge in [-0.15, -0.1) is 5.10 Å². The van der Waals surface area contributed by atoms with E-state index in [2.05, 4.69) is 17.3 Å². The van der Waals surface area contributed by atoms with Gasteiger partial charge in [0.25, 0.3) is 10.7 Å². The first-order valence-electron chi connectivity index (χ1n) is 8.68. The van der Waals surface area contributed by atoms with Gasteiger partial charge < -0.3 is 14.5 Å². The molecule has 0 aliphatic rings. The summed E-state index contributed by atoms with van der Waals surface area (Å²) in [6.45, 7) is 4.18. The van der Waals surface area contributed by atoms with Crippen LogP contribution in [0.2, 0.25) is 0 Å². The summed E-state index contributed by atoms with van der Waals surface area (Å²) < 4.78 is 12.4. The lowest BCUT2D eigenvalue weighted by Gasteiger charge is -2.05. The number of aromatic nitrogens is 2. The van der Waals surface area contributed by atoms with E-state index < -0.39 is 0 Å². The number of nitrogens with zero attached hydrogens (tertiary/aromatic N) is 2. The lowest BCUT2D eigenvalue weighted by atomic mass is 10.1. The van der Waals surface area contributed by atoms with Gasteiger partial charge in [0.15, 0.2) is 6.61 Å². The molecule has 1 amide bonds. The highest BCUT2D eigenvalue weighted by atomic mass is 32.1. The number of ether oxygens (including phenoxy) is 1. The summed E-state index contributed by atoms with van der Waals surface area (Å²) in [5.41, 5.74) is 3.04. The predicted molar refractivity (Wildman–Crippen MR) is 105 cm³/mol. The van der Waals surface area contributed by atoms with E-state index >= 15 is 0 Å². The van der Waals surface area contributed by atoms with E-state index in [9.17, 15) is 4.79 Å². The molecule has 0 bridgehead atoms. The number of carbonyl (C=O) groups excluding carboxylic acids is 1. The molecule has 2 aromatic carbocycles. The normalized spacial score (nSPS) is 10.6. The quantitative estimate of drug-likeness (QED) is 0.616. The summed E-state index contributed by atoms with van der Waals surface area (Å²) in [7, 11) is 0. The van der Waals surface area contributed by atoms with Crippen molar-refractivity contribution in [2.75, 3.05) is 5.32 Å². The van der Waals surface area contributed by atoms with Crippen LogP contribution in [-0.2, 0) is 24.4 Å². The predicted octanol–water partition coefficient (Wildman–Crippen LogP) is 4.29. The van der Waals surface area contributed by atoms with Gasteiger partial charge in [-0.2, -0.15) is 0 Å². The van der Waals surface area contributed by atoms with E-state index in [1.807, 2.05) is 55.5 Å². The Labute approximate surface area is 162 Å². The average Bonchev–Trinajstić information content (AvgIpc) is 3.00. The highest BCUT2D eigenvalue weighted by Gasteiger charge is 2.11. The Kier molecular flexibility index (Phi) is 6.03. The average molecular weight is 383 g/mol. The Bertz CT molecular complexity index is 977. The monoisotopic (exact) mass is 383 g/mol. The van der Waals surface area contributed by atoms with Crippen LogP contribution in [0.5, 0.6) is 5.75 Å². The Balaban J connectivity index is 1.58. The first-order valence-corrected chi connectivity index (χ1v) is 9.09. The first kappa shape index (κ1) is 18.8. The van der Waals surface area contributed by atoms with Gasteiger partial charge in [0.2, 0.25) is 5.91 Å². The zero-order valence-corrected chi connectivity index (χ0v) is 16.1. The number of aryl methyl sites for hydroxylation is 2. The third-order valence-corrected chi connectivity index (χ3v) is 4.23. The van der Waals surface area contributed by atoms with Crippen LogP contribution in [0.15, 0.2) is 52.9 Å². The fraction of sp³-hybridized carbons (Fsp3) is 0.250. The summed E-state index contributed by atoms with van der Waals surface area (Å²) in [6.07, 6.45) is 0.954. The van der Waals surface area contributed by atoms with Crippen molar-refractivity contribution in [3.8, 4) is 5.75 Å². The van der Waals surface area contributed by atoms with Gasteiger partial charge in [0.1, 0.15) is 12.3 Å². The maximum Gasteiger partial charge on any atom is 0.287 e. The molecule has 0 aliphatic carbocycles. The molecule has 1 N–H and O–H groups in total. The minimum Gasteiger partial charge on any atom is -0.484 e. The van der Waals surface area contributed by atoms with Crippen molar-refractivity contribution in [1.29, 1.82) is 0 Å². The Morgan fingerprint density at radius 2 is 2.04 bits per heavy atom. The molecule has 3 aromatic rings. The second kappa shape index (κ2) is 8.64. The SMILES string of the molecule is CCc1ccc(NC(=O)Cn2nc(COc3cccc(C)c3)oc2=S)cc1. The molecule has 0 unspecified atom stereocenters. The Morgan fingerprint density at radius 1 is 1.26 bits per heavy atom. The molecule has 6 nitrogen and oxygen atoms in total. The molecule has 0 saturated heterocycles. The van der Waals surface area contributed by atoms with E-state index in [4.69, 9.17) is 21.4 Å². The third-order valence-electron chi connectivity index (χ3n) is 3.94. The summed E-state index contributed by atoms with van der Waals surface area (Å²) in [5, 5.41) is 7.04. The maximum atomic E-state index is 12.2. The van der Waals surface area contributed by atoms with E-state index in [0.717, 1.165) is 23.4 Å². The Morgan fingerprint density at radius 3 is 2.74 bits per heavy atom. The number of hydrogen-bond acceptors (Lipinski definition) is 5. The van der Waals surface area contributed by atoms with Crippen LogP contribution in [0.1, 0.15) is 23.9 Å². The van der Waals surface area contributed by atoms with Gasteiger partial charge in [-0.1, -0.05) is 31.2 Å².